The summed E-state index contributed by atoms with van der Waals surface area (Å²) >= 11 is 6.30. The lowest BCUT2D eigenvalue weighted by Crippen LogP contribution is -2.25. The van der Waals surface area contributed by atoms with Crippen LogP contribution in [0.2, 0.25) is 0 Å². The van der Waals surface area contributed by atoms with Crippen LogP contribution in [0.25, 0.3) is 0 Å². The Bertz CT molecular complexity index is 587. The fraction of sp³-hybridized carbons (Fsp3) is 0.273. The Hall–Kier alpha value is -0.570. The van der Waals surface area contributed by atoms with Crippen LogP contribution < -0.4 is 14.2 Å². The molecule has 0 saturated carbocycles. The monoisotopic (exact) mass is 413 g/mol. The van der Waals surface area contributed by atoms with E-state index in [4.69, 9.17) is 9.47 Å². The van der Waals surface area contributed by atoms with Crippen LogP contribution in [0, 0.1) is 0 Å². The van der Waals surface area contributed by atoms with Gasteiger partial charge in [0.2, 0.25) is 10.0 Å². The molecule has 0 saturated heterocycles. The van der Waals surface area contributed by atoms with Gasteiger partial charge in [0.05, 0.1) is 14.2 Å². The predicted octanol–water partition coefficient (Wildman–Crippen LogP) is 2.65. The first kappa shape index (κ1) is 16.5. The summed E-state index contributed by atoms with van der Waals surface area (Å²) in [7, 11) is -0.749. The van der Waals surface area contributed by atoms with E-state index in [0.717, 1.165) is 0 Å². The van der Waals surface area contributed by atoms with Crippen LogP contribution in [0.1, 0.15) is 0 Å². The van der Waals surface area contributed by atoms with Crippen LogP contribution in [0.15, 0.2) is 32.6 Å². The van der Waals surface area contributed by atoms with E-state index in [0.29, 0.717) is 20.5 Å². The van der Waals surface area contributed by atoms with Gasteiger partial charge in [-0.3, -0.25) is 0 Å². The molecule has 8 heteroatoms. The van der Waals surface area contributed by atoms with Gasteiger partial charge in [0.1, 0.15) is 4.90 Å². The molecule has 5 nitrogen and oxygen atoms in total. The zero-order valence-corrected chi connectivity index (χ0v) is 14.4. The first-order valence-corrected chi connectivity index (χ1v) is 8.13. The summed E-state index contributed by atoms with van der Waals surface area (Å²) in [5.41, 5.74) is 0. The number of methoxy groups -OCH3 is 2. The topological polar surface area (TPSA) is 64.6 Å². The van der Waals surface area contributed by atoms with Crippen LogP contribution in [0.4, 0.5) is 0 Å². The van der Waals surface area contributed by atoms with Crippen molar-refractivity contribution in [3.8, 4) is 11.5 Å². The molecule has 0 spiro atoms. The zero-order chi connectivity index (χ0) is 14.6. The summed E-state index contributed by atoms with van der Waals surface area (Å²) in [4.78, 5) is 0.0684. The molecular weight excluding hydrogens is 402 g/mol. The third kappa shape index (κ3) is 4.20. The predicted molar refractivity (Wildman–Crippen MR) is 80.5 cm³/mol. The number of hydrogen-bond acceptors (Lipinski definition) is 4. The molecule has 0 aliphatic rings. The highest BCUT2D eigenvalue weighted by Crippen LogP contribution is 2.35. The van der Waals surface area contributed by atoms with E-state index in [1.165, 1.54) is 26.4 Å². The molecule has 0 heterocycles. The Morgan fingerprint density at radius 3 is 2.32 bits per heavy atom. The number of sulfonamides is 1. The van der Waals surface area contributed by atoms with Crippen molar-refractivity contribution in [2.24, 2.45) is 0 Å². The number of nitrogens with one attached hydrogen (secondary N) is 1. The SMILES string of the molecule is C=C(Br)CNS(=O)(=O)c1cc(OC)c(OC)cc1Br. The lowest BCUT2D eigenvalue weighted by Gasteiger charge is -2.12. The summed E-state index contributed by atoms with van der Waals surface area (Å²) in [6.45, 7) is 3.67. The largest absolute Gasteiger partial charge is 0.493 e. The second-order valence-electron chi connectivity index (χ2n) is 3.48. The van der Waals surface area contributed by atoms with E-state index < -0.39 is 10.0 Å². The summed E-state index contributed by atoms with van der Waals surface area (Å²) in [6.07, 6.45) is 0. The van der Waals surface area contributed by atoms with Gasteiger partial charge in [-0.15, -0.1) is 0 Å². The highest BCUT2D eigenvalue weighted by molar-refractivity contribution is 9.11. The van der Waals surface area contributed by atoms with Gasteiger partial charge < -0.3 is 9.47 Å². The molecule has 0 unspecified atom stereocenters. The van der Waals surface area contributed by atoms with Gasteiger partial charge in [-0.2, -0.15) is 0 Å². The van der Waals surface area contributed by atoms with Gasteiger partial charge >= 0.3 is 0 Å². The van der Waals surface area contributed by atoms with Crippen LogP contribution in [-0.2, 0) is 10.0 Å². The van der Waals surface area contributed by atoms with Gasteiger partial charge in [-0.1, -0.05) is 22.5 Å². The molecule has 106 valence electrons. The molecule has 0 aliphatic heterocycles. The van der Waals surface area contributed by atoms with Gasteiger partial charge in [0.25, 0.3) is 0 Å². The maximum atomic E-state index is 12.1. The summed E-state index contributed by atoms with van der Waals surface area (Å²) < 4.78 is 37.8. The number of rotatable bonds is 6. The van der Waals surface area contributed by atoms with Crippen molar-refractivity contribution >= 4 is 41.9 Å². The number of hydrogen-bond donors (Lipinski definition) is 1. The average Bonchev–Trinajstić information content (AvgIpc) is 2.35. The van der Waals surface area contributed by atoms with E-state index in [-0.39, 0.29) is 11.4 Å². The molecule has 0 aromatic heterocycles. The molecule has 0 amide bonds. The highest BCUT2D eigenvalue weighted by Gasteiger charge is 2.20. The van der Waals surface area contributed by atoms with E-state index >= 15 is 0 Å². The Morgan fingerprint density at radius 1 is 1.32 bits per heavy atom. The van der Waals surface area contributed by atoms with Gasteiger partial charge in [0, 0.05) is 21.6 Å². The number of halogens is 2. The Morgan fingerprint density at radius 2 is 1.84 bits per heavy atom. The smallest absolute Gasteiger partial charge is 0.242 e. The van der Waals surface area contributed by atoms with E-state index in [2.05, 4.69) is 43.2 Å². The van der Waals surface area contributed by atoms with Crippen molar-refractivity contribution in [1.29, 1.82) is 0 Å². The normalized spacial score (nSPS) is 11.2. The molecule has 0 radical (unpaired) electrons. The maximum absolute atomic E-state index is 12.1. The highest BCUT2D eigenvalue weighted by atomic mass is 79.9. The minimum absolute atomic E-state index is 0.0684. The van der Waals surface area contributed by atoms with Crippen molar-refractivity contribution in [2.75, 3.05) is 20.8 Å². The van der Waals surface area contributed by atoms with Crippen molar-refractivity contribution in [3.63, 3.8) is 0 Å². The molecule has 1 N–H and O–H groups in total. The minimum Gasteiger partial charge on any atom is -0.493 e. The fourth-order valence-electron chi connectivity index (χ4n) is 1.29. The molecule has 0 fully saturated rings. The Balaban J connectivity index is 3.23. The van der Waals surface area contributed by atoms with Crippen molar-refractivity contribution in [2.45, 2.75) is 4.90 Å². The number of ether oxygens (including phenoxy) is 2. The minimum atomic E-state index is -3.67. The molecule has 0 aliphatic carbocycles. The van der Waals surface area contributed by atoms with Gasteiger partial charge in [-0.05, 0) is 22.0 Å². The molecule has 19 heavy (non-hydrogen) atoms. The van der Waals surface area contributed by atoms with E-state index in [1.807, 2.05) is 0 Å². The fourth-order valence-corrected chi connectivity index (χ4v) is 3.68. The standard InChI is InChI=1S/C11H13Br2NO4S/c1-7(12)6-14-19(15,16)11-5-10(18-3)9(17-2)4-8(11)13/h4-5,14H,1,6H2,2-3H3. The summed E-state index contributed by atoms with van der Waals surface area (Å²) in [6, 6.07) is 2.93. The zero-order valence-electron chi connectivity index (χ0n) is 10.4. The molecule has 1 aromatic carbocycles. The first-order valence-electron chi connectivity index (χ1n) is 5.06. The lowest BCUT2D eigenvalue weighted by molar-refractivity contribution is 0.353. The Labute approximate surface area is 129 Å². The van der Waals surface area contributed by atoms with E-state index in [9.17, 15) is 8.42 Å². The van der Waals surface area contributed by atoms with Gasteiger partial charge in [0.15, 0.2) is 11.5 Å². The molecule has 1 rings (SSSR count). The van der Waals surface area contributed by atoms with Crippen LogP contribution >= 0.6 is 31.9 Å². The van der Waals surface area contributed by atoms with Crippen LogP contribution in [0.5, 0.6) is 11.5 Å². The number of benzene rings is 1. The molecule has 1 aromatic rings. The molecule has 0 atom stereocenters. The average molecular weight is 415 g/mol. The first-order chi connectivity index (χ1) is 8.81. The van der Waals surface area contributed by atoms with Crippen molar-refractivity contribution in [1.82, 2.24) is 4.72 Å². The maximum Gasteiger partial charge on any atom is 0.242 e. The second-order valence-corrected chi connectivity index (χ2v) is 7.19. The van der Waals surface area contributed by atoms with E-state index in [1.54, 1.807) is 0 Å². The third-order valence-electron chi connectivity index (χ3n) is 2.18. The van der Waals surface area contributed by atoms with Gasteiger partial charge in [-0.25, -0.2) is 13.1 Å². The van der Waals surface area contributed by atoms with Crippen LogP contribution in [-0.4, -0.2) is 29.2 Å². The van der Waals surface area contributed by atoms with Crippen molar-refractivity contribution < 1.29 is 17.9 Å². The quantitative estimate of drug-likeness (QED) is 0.777. The molecular formula is C11H13Br2NO4S. The molecule has 0 bridgehead atoms. The third-order valence-corrected chi connectivity index (χ3v) is 4.82. The van der Waals surface area contributed by atoms with Crippen LogP contribution in [0.3, 0.4) is 0 Å². The summed E-state index contributed by atoms with van der Waals surface area (Å²) in [5.74, 6) is 0.780. The Kier molecular flexibility index (Phi) is 5.84. The summed E-state index contributed by atoms with van der Waals surface area (Å²) in [5, 5.41) is 0. The lowest BCUT2D eigenvalue weighted by atomic mass is 10.3. The second kappa shape index (κ2) is 6.74. The van der Waals surface area contributed by atoms with Crippen molar-refractivity contribution in [3.05, 3.63) is 27.7 Å².